The summed E-state index contributed by atoms with van der Waals surface area (Å²) in [6, 6.07) is 13.4. The largest absolute Gasteiger partial charge is 0.495 e. The van der Waals surface area contributed by atoms with Crippen molar-refractivity contribution < 1.29 is 19.1 Å². The average molecular weight is 458 g/mol. The Hall–Kier alpha value is -2.61. The first kappa shape index (κ1) is 22.6. The van der Waals surface area contributed by atoms with Crippen LogP contribution >= 0.6 is 11.6 Å². The van der Waals surface area contributed by atoms with E-state index in [1.54, 1.807) is 30.2 Å². The Labute approximate surface area is 193 Å². The van der Waals surface area contributed by atoms with Crippen molar-refractivity contribution in [3.63, 3.8) is 0 Å². The van der Waals surface area contributed by atoms with Gasteiger partial charge < -0.3 is 19.7 Å². The number of halogens is 1. The number of hydrogen-bond acceptors (Lipinski definition) is 5. The van der Waals surface area contributed by atoms with Crippen LogP contribution in [0.25, 0.3) is 0 Å². The lowest BCUT2D eigenvalue weighted by Crippen LogP contribution is -2.35. The lowest BCUT2D eigenvalue weighted by molar-refractivity contribution is -0.126. The van der Waals surface area contributed by atoms with Crippen LogP contribution in [0.4, 0.5) is 5.69 Å². The number of carbonyl (C=O) groups excluding carboxylic acids is 2. The predicted molar refractivity (Wildman–Crippen MR) is 123 cm³/mol. The van der Waals surface area contributed by atoms with Gasteiger partial charge in [-0.15, -0.1) is 0 Å². The van der Waals surface area contributed by atoms with Gasteiger partial charge in [0.2, 0.25) is 11.8 Å². The summed E-state index contributed by atoms with van der Waals surface area (Å²) in [5.41, 5.74) is 2.85. The number of nitrogens with zero attached hydrogens (tertiary/aromatic N) is 2. The van der Waals surface area contributed by atoms with Gasteiger partial charge in [-0.1, -0.05) is 35.9 Å². The summed E-state index contributed by atoms with van der Waals surface area (Å²) in [4.78, 5) is 29.4. The van der Waals surface area contributed by atoms with Crippen LogP contribution in [-0.2, 0) is 27.4 Å². The molecule has 2 amide bonds. The molecule has 0 radical (unpaired) electrons. The van der Waals surface area contributed by atoms with Gasteiger partial charge in [-0.25, -0.2) is 0 Å². The molecule has 2 heterocycles. The van der Waals surface area contributed by atoms with E-state index in [4.69, 9.17) is 21.1 Å². The highest BCUT2D eigenvalue weighted by atomic mass is 35.5. The number of morpholine rings is 1. The summed E-state index contributed by atoms with van der Waals surface area (Å²) in [7, 11) is 1.55. The topological polar surface area (TPSA) is 71.1 Å². The third-order valence-corrected chi connectivity index (χ3v) is 6.13. The fourth-order valence-electron chi connectivity index (χ4n) is 4.18. The molecule has 2 aromatic carbocycles. The molecule has 2 saturated heterocycles. The van der Waals surface area contributed by atoms with Crippen molar-refractivity contribution in [3.05, 3.63) is 58.6 Å². The van der Waals surface area contributed by atoms with E-state index < -0.39 is 5.92 Å². The van der Waals surface area contributed by atoms with Gasteiger partial charge in [-0.2, -0.15) is 0 Å². The Balaban J connectivity index is 1.34. The fraction of sp³-hybridized carbons (Fsp3) is 0.417. The number of nitrogens with one attached hydrogen (secondary N) is 1. The van der Waals surface area contributed by atoms with E-state index in [-0.39, 0.29) is 18.2 Å². The second-order valence-electron chi connectivity index (χ2n) is 8.15. The quantitative estimate of drug-likeness (QED) is 0.692. The number of methoxy groups -OCH3 is 1. The Morgan fingerprint density at radius 3 is 2.75 bits per heavy atom. The number of ether oxygens (including phenoxy) is 2. The van der Waals surface area contributed by atoms with E-state index in [1.807, 2.05) is 12.1 Å². The number of benzene rings is 2. The van der Waals surface area contributed by atoms with Crippen LogP contribution in [0.5, 0.6) is 5.75 Å². The van der Waals surface area contributed by atoms with Crippen molar-refractivity contribution in [1.29, 1.82) is 0 Å². The SMILES string of the molecule is COc1ccc(Cl)cc1N1CC(C(=O)NCc2cccc(CN3CCOCC3)c2)CC1=O. The first-order valence-corrected chi connectivity index (χ1v) is 11.2. The third kappa shape index (κ3) is 5.41. The molecule has 0 aliphatic carbocycles. The second-order valence-corrected chi connectivity index (χ2v) is 8.58. The normalized spacial score (nSPS) is 19.2. The lowest BCUT2D eigenvalue weighted by Gasteiger charge is -2.26. The van der Waals surface area contributed by atoms with Crippen LogP contribution in [0, 0.1) is 5.92 Å². The molecule has 2 aliphatic heterocycles. The molecule has 0 saturated carbocycles. The standard InChI is InChI=1S/C24H28ClN3O4/c1-31-22-6-5-20(25)13-21(22)28-16-19(12-23(28)29)24(30)26-14-17-3-2-4-18(11-17)15-27-7-9-32-10-8-27/h2-6,11,13,19H,7-10,12,14-16H2,1H3,(H,26,30). The number of carbonyl (C=O) groups is 2. The zero-order valence-corrected chi connectivity index (χ0v) is 18.9. The Morgan fingerprint density at radius 1 is 1.19 bits per heavy atom. The molecule has 4 rings (SSSR count). The molecule has 1 N–H and O–H groups in total. The molecule has 1 unspecified atom stereocenters. The minimum atomic E-state index is -0.414. The van der Waals surface area contributed by atoms with Crippen LogP contribution < -0.4 is 15.0 Å². The molecule has 0 spiro atoms. The minimum absolute atomic E-state index is 0.113. The first-order chi connectivity index (χ1) is 15.5. The summed E-state index contributed by atoms with van der Waals surface area (Å²) in [5, 5.41) is 3.51. The highest BCUT2D eigenvalue weighted by Crippen LogP contribution is 2.35. The van der Waals surface area contributed by atoms with Crippen LogP contribution in [-0.4, -0.2) is 56.7 Å². The van der Waals surface area contributed by atoms with E-state index in [9.17, 15) is 9.59 Å². The lowest BCUT2D eigenvalue weighted by atomic mass is 10.1. The maximum absolute atomic E-state index is 12.8. The molecule has 170 valence electrons. The van der Waals surface area contributed by atoms with Crippen molar-refractivity contribution in [2.45, 2.75) is 19.5 Å². The van der Waals surface area contributed by atoms with Crippen molar-refractivity contribution in [1.82, 2.24) is 10.2 Å². The fourth-order valence-corrected chi connectivity index (χ4v) is 4.35. The number of anilines is 1. The van der Waals surface area contributed by atoms with Gasteiger partial charge in [0.05, 0.1) is 31.9 Å². The van der Waals surface area contributed by atoms with E-state index in [1.165, 1.54) is 5.56 Å². The molecule has 2 fully saturated rings. The third-order valence-electron chi connectivity index (χ3n) is 5.90. The summed E-state index contributed by atoms with van der Waals surface area (Å²) < 4.78 is 10.8. The Bertz CT molecular complexity index is 977. The van der Waals surface area contributed by atoms with Crippen molar-refractivity contribution in [3.8, 4) is 5.75 Å². The highest BCUT2D eigenvalue weighted by Gasteiger charge is 2.36. The van der Waals surface area contributed by atoms with E-state index in [0.29, 0.717) is 29.5 Å². The second kappa shape index (κ2) is 10.3. The number of amides is 2. The van der Waals surface area contributed by atoms with Gasteiger partial charge in [0.25, 0.3) is 0 Å². The number of rotatable bonds is 7. The zero-order chi connectivity index (χ0) is 22.5. The summed E-state index contributed by atoms with van der Waals surface area (Å²) in [6.45, 7) is 5.02. The van der Waals surface area contributed by atoms with Crippen LogP contribution in [0.3, 0.4) is 0 Å². The molecule has 0 aromatic heterocycles. The molecule has 2 aromatic rings. The van der Waals surface area contributed by atoms with Gasteiger partial charge in [-0.3, -0.25) is 14.5 Å². The molecule has 8 heteroatoms. The Morgan fingerprint density at radius 2 is 1.97 bits per heavy atom. The van der Waals surface area contributed by atoms with Gasteiger partial charge in [0.15, 0.2) is 0 Å². The van der Waals surface area contributed by atoms with Crippen molar-refractivity contribution in [2.24, 2.45) is 5.92 Å². The van der Waals surface area contributed by atoms with Gasteiger partial charge in [0, 0.05) is 44.2 Å². The monoisotopic (exact) mass is 457 g/mol. The smallest absolute Gasteiger partial charge is 0.227 e. The minimum Gasteiger partial charge on any atom is -0.495 e. The van der Waals surface area contributed by atoms with Gasteiger partial charge in [0.1, 0.15) is 5.75 Å². The Kier molecular flexibility index (Phi) is 7.29. The molecular formula is C24H28ClN3O4. The van der Waals surface area contributed by atoms with E-state index >= 15 is 0 Å². The average Bonchev–Trinajstić information content (AvgIpc) is 3.20. The van der Waals surface area contributed by atoms with E-state index in [0.717, 1.165) is 38.4 Å². The summed E-state index contributed by atoms with van der Waals surface area (Å²) >= 11 is 6.11. The van der Waals surface area contributed by atoms with E-state index in [2.05, 4.69) is 22.3 Å². The van der Waals surface area contributed by atoms with Crippen molar-refractivity contribution >= 4 is 29.1 Å². The molecule has 32 heavy (non-hydrogen) atoms. The summed E-state index contributed by atoms with van der Waals surface area (Å²) in [5.74, 6) is -0.0951. The van der Waals surface area contributed by atoms with Crippen LogP contribution in [0.15, 0.2) is 42.5 Å². The molecule has 1 atom stereocenters. The molecule has 7 nitrogen and oxygen atoms in total. The molecule has 0 bridgehead atoms. The number of hydrogen-bond donors (Lipinski definition) is 1. The van der Waals surface area contributed by atoms with Gasteiger partial charge in [-0.05, 0) is 29.3 Å². The summed E-state index contributed by atoms with van der Waals surface area (Å²) in [6.07, 6.45) is 0.165. The molecule has 2 aliphatic rings. The molecular weight excluding hydrogens is 430 g/mol. The van der Waals surface area contributed by atoms with Crippen LogP contribution in [0.1, 0.15) is 17.5 Å². The van der Waals surface area contributed by atoms with Crippen molar-refractivity contribution in [2.75, 3.05) is 44.9 Å². The first-order valence-electron chi connectivity index (χ1n) is 10.8. The van der Waals surface area contributed by atoms with Gasteiger partial charge >= 0.3 is 0 Å². The maximum atomic E-state index is 12.8. The highest BCUT2D eigenvalue weighted by molar-refractivity contribution is 6.31. The zero-order valence-electron chi connectivity index (χ0n) is 18.2. The van der Waals surface area contributed by atoms with Crippen LogP contribution in [0.2, 0.25) is 5.02 Å². The predicted octanol–water partition coefficient (Wildman–Crippen LogP) is 2.85. The maximum Gasteiger partial charge on any atom is 0.227 e.